The second kappa shape index (κ2) is 6.53. The van der Waals surface area contributed by atoms with Crippen molar-refractivity contribution in [2.75, 3.05) is 18.5 Å². The lowest BCUT2D eigenvalue weighted by Crippen LogP contribution is -2.41. The summed E-state index contributed by atoms with van der Waals surface area (Å²) in [5.74, 6) is 0. The van der Waals surface area contributed by atoms with Crippen LogP contribution in [0, 0.1) is 0 Å². The molecule has 0 aromatic heterocycles. The molecule has 23 heavy (non-hydrogen) atoms. The summed E-state index contributed by atoms with van der Waals surface area (Å²) >= 11 is 0. The molecule has 1 aliphatic heterocycles. The Morgan fingerprint density at radius 2 is 1.70 bits per heavy atom. The van der Waals surface area contributed by atoms with Crippen LogP contribution in [0.2, 0.25) is 0 Å². The Morgan fingerprint density at radius 3 is 2.17 bits per heavy atom. The number of nitrogens with zero attached hydrogens (tertiary/aromatic N) is 1. The molecule has 1 atom stereocenters. The van der Waals surface area contributed by atoms with Gasteiger partial charge < -0.3 is 18.9 Å². The molecule has 0 radical (unpaired) electrons. The normalized spacial score (nSPS) is 20.2. The predicted octanol–water partition coefficient (Wildman–Crippen LogP) is 1.98. The molecule has 1 aromatic rings. The molecule has 126 valence electrons. The van der Waals surface area contributed by atoms with Crippen LogP contribution in [-0.2, 0) is 18.8 Å². The first kappa shape index (κ1) is 17.8. The highest BCUT2D eigenvalue weighted by Crippen LogP contribution is 2.36. The molecule has 1 saturated heterocycles. The molecular weight excluding hydrogens is 293 g/mol. The zero-order valence-corrected chi connectivity index (χ0v) is 14.8. The van der Waals surface area contributed by atoms with Gasteiger partial charge in [-0.2, -0.15) is 0 Å². The van der Waals surface area contributed by atoms with Gasteiger partial charge in [-0.3, -0.25) is 4.79 Å². The quantitative estimate of drug-likeness (QED) is 0.593. The maximum atomic E-state index is 10.4. The molecule has 2 rings (SSSR count). The lowest BCUT2D eigenvalue weighted by atomic mass is 9.79. The summed E-state index contributed by atoms with van der Waals surface area (Å²) in [4.78, 5) is 12.4. The summed E-state index contributed by atoms with van der Waals surface area (Å²) in [6.07, 6.45) is -0.153. The fourth-order valence-corrected chi connectivity index (χ4v) is 2.49. The topological polar surface area (TPSA) is 48.0 Å². The Kier molecular flexibility index (Phi) is 5.06. The number of ether oxygens (including phenoxy) is 1. The molecule has 1 fully saturated rings. The van der Waals surface area contributed by atoms with E-state index in [4.69, 9.17) is 14.0 Å². The van der Waals surface area contributed by atoms with Crippen LogP contribution in [-0.4, -0.2) is 44.5 Å². The van der Waals surface area contributed by atoms with Crippen LogP contribution in [0.25, 0.3) is 0 Å². The lowest BCUT2D eigenvalue weighted by molar-refractivity contribution is -0.132. The van der Waals surface area contributed by atoms with E-state index in [0.717, 1.165) is 11.2 Å². The molecular formula is C17H26BNO4. The number of carbonyl (C=O) groups excluding carboxylic acids is 1. The van der Waals surface area contributed by atoms with E-state index in [1.807, 2.05) is 70.8 Å². The van der Waals surface area contributed by atoms with Gasteiger partial charge in [-0.05, 0) is 52.2 Å². The Hall–Kier alpha value is -1.53. The average Bonchev–Trinajstić information content (AvgIpc) is 2.68. The van der Waals surface area contributed by atoms with Crippen molar-refractivity contribution in [1.29, 1.82) is 0 Å². The number of hydrogen-bond acceptors (Lipinski definition) is 5. The fraction of sp³-hybridized carbons (Fsp3) is 0.588. The highest BCUT2D eigenvalue weighted by Gasteiger charge is 2.51. The molecule has 5 nitrogen and oxygen atoms in total. The zero-order chi connectivity index (χ0) is 17.3. The SMILES string of the molecule is CC(CN(C)c1ccc(B2OC(C)(C)C(C)(C)O2)cc1)OC=O. The van der Waals surface area contributed by atoms with Gasteiger partial charge in [-0.1, -0.05) is 12.1 Å². The molecule has 0 saturated carbocycles. The molecule has 0 aliphatic carbocycles. The van der Waals surface area contributed by atoms with Crippen LogP contribution < -0.4 is 10.4 Å². The third-order valence-corrected chi connectivity index (χ3v) is 4.68. The van der Waals surface area contributed by atoms with E-state index in [2.05, 4.69) is 0 Å². The molecule has 1 unspecified atom stereocenters. The number of carbonyl (C=O) groups is 1. The lowest BCUT2D eigenvalue weighted by Gasteiger charge is -2.32. The van der Waals surface area contributed by atoms with E-state index in [0.29, 0.717) is 13.0 Å². The van der Waals surface area contributed by atoms with Crippen LogP contribution in [0.5, 0.6) is 0 Å². The van der Waals surface area contributed by atoms with Gasteiger partial charge in [0.15, 0.2) is 0 Å². The summed E-state index contributed by atoms with van der Waals surface area (Å²) in [5, 5.41) is 0. The van der Waals surface area contributed by atoms with Crippen molar-refractivity contribution in [2.45, 2.75) is 51.9 Å². The van der Waals surface area contributed by atoms with Crippen LogP contribution in [0.4, 0.5) is 5.69 Å². The van der Waals surface area contributed by atoms with Gasteiger partial charge in [0.05, 0.1) is 17.7 Å². The number of benzene rings is 1. The van der Waals surface area contributed by atoms with Crippen LogP contribution in [0.1, 0.15) is 34.6 Å². The first-order valence-corrected chi connectivity index (χ1v) is 7.92. The molecule has 0 bridgehead atoms. The van der Waals surface area contributed by atoms with Gasteiger partial charge >= 0.3 is 7.12 Å². The van der Waals surface area contributed by atoms with Crippen LogP contribution in [0.15, 0.2) is 24.3 Å². The molecule has 1 heterocycles. The first-order valence-electron chi connectivity index (χ1n) is 7.92. The largest absolute Gasteiger partial charge is 0.494 e. The van der Waals surface area contributed by atoms with E-state index in [-0.39, 0.29) is 24.4 Å². The monoisotopic (exact) mass is 319 g/mol. The Morgan fingerprint density at radius 1 is 1.17 bits per heavy atom. The number of anilines is 1. The van der Waals surface area contributed by atoms with Crippen molar-refractivity contribution in [3.8, 4) is 0 Å². The van der Waals surface area contributed by atoms with Gasteiger partial charge in [-0.25, -0.2) is 0 Å². The highest BCUT2D eigenvalue weighted by molar-refractivity contribution is 6.62. The molecule has 1 aromatic carbocycles. The third-order valence-electron chi connectivity index (χ3n) is 4.68. The molecule has 0 N–H and O–H groups in total. The minimum absolute atomic E-state index is 0.153. The Labute approximate surface area is 139 Å². The van der Waals surface area contributed by atoms with Crippen LogP contribution >= 0.6 is 0 Å². The minimum atomic E-state index is -0.350. The van der Waals surface area contributed by atoms with Gasteiger partial charge in [0.25, 0.3) is 6.47 Å². The molecule has 6 heteroatoms. The summed E-state index contributed by atoms with van der Waals surface area (Å²) in [5.41, 5.74) is 1.37. The summed E-state index contributed by atoms with van der Waals surface area (Å²) < 4.78 is 17.0. The maximum Gasteiger partial charge on any atom is 0.494 e. The van der Waals surface area contributed by atoms with E-state index in [1.54, 1.807) is 0 Å². The van der Waals surface area contributed by atoms with E-state index >= 15 is 0 Å². The summed E-state index contributed by atoms with van der Waals surface area (Å²) in [6.45, 7) is 11.2. The first-order chi connectivity index (χ1) is 10.7. The smallest absolute Gasteiger partial charge is 0.463 e. The molecule has 0 amide bonds. The van der Waals surface area contributed by atoms with Crippen molar-refractivity contribution in [2.24, 2.45) is 0 Å². The standard InChI is InChI=1S/C17H26BNO4/c1-13(21-12-20)11-19(6)15-9-7-14(8-10-15)18-22-16(2,3)17(4,5)23-18/h7-10,12-13H,11H2,1-6H3. The van der Waals surface area contributed by atoms with Crippen molar-refractivity contribution in [1.82, 2.24) is 0 Å². The third kappa shape index (κ3) is 3.87. The minimum Gasteiger partial charge on any atom is -0.463 e. The maximum absolute atomic E-state index is 10.4. The van der Waals surface area contributed by atoms with Gasteiger partial charge in [0.1, 0.15) is 6.10 Å². The predicted molar refractivity (Wildman–Crippen MR) is 92.0 cm³/mol. The second-order valence-electron chi connectivity index (χ2n) is 7.10. The second-order valence-corrected chi connectivity index (χ2v) is 7.10. The Bertz CT molecular complexity index is 528. The number of hydrogen-bond donors (Lipinski definition) is 0. The van der Waals surface area contributed by atoms with Crippen molar-refractivity contribution in [3.63, 3.8) is 0 Å². The van der Waals surface area contributed by atoms with Crippen molar-refractivity contribution < 1.29 is 18.8 Å². The zero-order valence-electron chi connectivity index (χ0n) is 14.8. The van der Waals surface area contributed by atoms with Gasteiger partial charge in [0.2, 0.25) is 0 Å². The van der Waals surface area contributed by atoms with Gasteiger partial charge in [0, 0.05) is 12.7 Å². The highest BCUT2D eigenvalue weighted by atomic mass is 16.7. The van der Waals surface area contributed by atoms with E-state index < -0.39 is 0 Å². The number of likely N-dealkylation sites (N-methyl/N-ethyl adjacent to an activating group) is 1. The Balaban J connectivity index is 2.04. The van der Waals surface area contributed by atoms with Gasteiger partial charge in [-0.15, -0.1) is 0 Å². The van der Waals surface area contributed by atoms with Crippen molar-refractivity contribution in [3.05, 3.63) is 24.3 Å². The van der Waals surface area contributed by atoms with Crippen LogP contribution in [0.3, 0.4) is 0 Å². The fourth-order valence-electron chi connectivity index (χ4n) is 2.49. The molecule has 0 spiro atoms. The average molecular weight is 319 g/mol. The van der Waals surface area contributed by atoms with E-state index in [1.165, 1.54) is 0 Å². The number of rotatable bonds is 6. The summed E-state index contributed by atoms with van der Waals surface area (Å²) in [6, 6.07) is 8.07. The van der Waals surface area contributed by atoms with Crippen molar-refractivity contribution >= 4 is 24.7 Å². The summed E-state index contributed by atoms with van der Waals surface area (Å²) in [7, 11) is 1.62. The molecule has 1 aliphatic rings. The van der Waals surface area contributed by atoms with E-state index in [9.17, 15) is 4.79 Å².